The Morgan fingerprint density at radius 2 is 2.03 bits per heavy atom. The number of ether oxygens (including phenoxy) is 1. The fraction of sp³-hybridized carbons (Fsp3) is 0.0909. The maximum atomic E-state index is 13.4. The lowest BCUT2D eigenvalue weighted by molar-refractivity contribution is 0.0958. The summed E-state index contributed by atoms with van der Waals surface area (Å²) in [4.78, 5) is 19.6. The summed E-state index contributed by atoms with van der Waals surface area (Å²) in [6.07, 6.45) is 1.58. The van der Waals surface area contributed by atoms with Gasteiger partial charge in [-0.1, -0.05) is 35.6 Å². The fourth-order valence-corrected chi connectivity index (χ4v) is 4.18. The van der Waals surface area contributed by atoms with Crippen LogP contribution in [0.15, 0.2) is 75.8 Å². The number of fused-ring (bicyclic) bond motifs is 2. The quantitative estimate of drug-likeness (QED) is 0.387. The summed E-state index contributed by atoms with van der Waals surface area (Å²) < 4.78 is 17.6. The summed E-state index contributed by atoms with van der Waals surface area (Å²) in [7, 11) is 1.61. The van der Waals surface area contributed by atoms with Crippen LogP contribution in [-0.2, 0) is 6.54 Å². The Labute approximate surface area is 169 Å². The number of hydrogen-bond donors (Lipinski definition) is 0. The summed E-state index contributed by atoms with van der Waals surface area (Å²) in [5.41, 5.74) is 1.39. The van der Waals surface area contributed by atoms with Gasteiger partial charge in [0.15, 0.2) is 10.9 Å². The van der Waals surface area contributed by atoms with Crippen LogP contribution in [0.5, 0.6) is 5.75 Å². The van der Waals surface area contributed by atoms with Crippen LogP contribution in [0.4, 0.5) is 5.13 Å². The van der Waals surface area contributed by atoms with Crippen LogP contribution >= 0.6 is 11.3 Å². The molecule has 0 aliphatic rings. The molecule has 0 N–H and O–H groups in total. The van der Waals surface area contributed by atoms with E-state index in [2.05, 4.69) is 4.98 Å². The summed E-state index contributed by atoms with van der Waals surface area (Å²) in [5, 5.41) is 1.42. The number of aromatic nitrogens is 1. The van der Waals surface area contributed by atoms with Crippen molar-refractivity contribution >= 4 is 43.6 Å². The first-order valence-electron chi connectivity index (χ1n) is 8.99. The van der Waals surface area contributed by atoms with Crippen LogP contribution in [0, 0.1) is 0 Å². The minimum atomic E-state index is -0.282. The van der Waals surface area contributed by atoms with Crippen molar-refractivity contribution in [1.29, 1.82) is 0 Å². The van der Waals surface area contributed by atoms with Crippen LogP contribution in [-0.4, -0.2) is 18.0 Å². The van der Waals surface area contributed by atoms with Crippen molar-refractivity contribution < 1.29 is 18.4 Å². The van der Waals surface area contributed by atoms with Gasteiger partial charge in [0.05, 0.1) is 24.6 Å². The number of carbonyl (C=O) groups is 1. The minimum absolute atomic E-state index is 0.241. The smallest absolute Gasteiger partial charge is 0.296 e. The molecule has 29 heavy (non-hydrogen) atoms. The molecular formula is C22H16N2O4S. The molecular weight excluding hydrogens is 388 g/mol. The molecule has 0 spiro atoms. The average Bonchev–Trinajstić information content (AvgIpc) is 3.49. The van der Waals surface area contributed by atoms with Gasteiger partial charge >= 0.3 is 0 Å². The highest BCUT2D eigenvalue weighted by molar-refractivity contribution is 7.22. The molecule has 2 aromatic carbocycles. The number of thiazole rings is 1. The van der Waals surface area contributed by atoms with Crippen LogP contribution < -0.4 is 9.64 Å². The predicted molar refractivity (Wildman–Crippen MR) is 112 cm³/mol. The third kappa shape index (κ3) is 3.15. The Morgan fingerprint density at radius 3 is 2.83 bits per heavy atom. The monoisotopic (exact) mass is 404 g/mol. The van der Waals surface area contributed by atoms with Crippen molar-refractivity contribution in [3.05, 3.63) is 78.4 Å². The number of para-hydroxylation sites is 2. The third-order valence-electron chi connectivity index (χ3n) is 4.60. The maximum Gasteiger partial charge on any atom is 0.296 e. The van der Waals surface area contributed by atoms with E-state index < -0.39 is 0 Å². The number of methoxy groups -OCH3 is 1. The number of nitrogens with zero attached hydrogens (tertiary/aromatic N) is 2. The van der Waals surface area contributed by atoms with Gasteiger partial charge in [0.2, 0.25) is 0 Å². The molecule has 0 unspecified atom stereocenters. The zero-order chi connectivity index (χ0) is 19.8. The number of anilines is 1. The molecule has 3 heterocycles. The molecule has 5 rings (SSSR count). The van der Waals surface area contributed by atoms with Crippen molar-refractivity contribution in [3.63, 3.8) is 0 Å². The van der Waals surface area contributed by atoms with Gasteiger partial charge in [-0.2, -0.15) is 0 Å². The third-order valence-corrected chi connectivity index (χ3v) is 5.64. The number of benzene rings is 2. The van der Waals surface area contributed by atoms with Gasteiger partial charge in [-0.3, -0.25) is 9.69 Å². The highest BCUT2D eigenvalue weighted by atomic mass is 32.1. The van der Waals surface area contributed by atoms with E-state index in [1.54, 1.807) is 30.4 Å². The van der Waals surface area contributed by atoms with Crippen molar-refractivity contribution in [2.75, 3.05) is 12.0 Å². The van der Waals surface area contributed by atoms with E-state index >= 15 is 0 Å². The number of hydrogen-bond acceptors (Lipinski definition) is 6. The second kappa shape index (κ2) is 7.10. The summed E-state index contributed by atoms with van der Waals surface area (Å²) in [6.45, 7) is 0.241. The zero-order valence-corrected chi connectivity index (χ0v) is 16.3. The van der Waals surface area contributed by atoms with Gasteiger partial charge in [-0.25, -0.2) is 4.98 Å². The van der Waals surface area contributed by atoms with Gasteiger partial charge in [-0.15, -0.1) is 0 Å². The molecule has 6 nitrogen and oxygen atoms in total. The molecule has 3 aromatic heterocycles. The average molecular weight is 404 g/mol. The van der Waals surface area contributed by atoms with Gasteiger partial charge in [0.25, 0.3) is 5.91 Å². The molecule has 1 amide bonds. The van der Waals surface area contributed by atoms with Crippen molar-refractivity contribution in [2.24, 2.45) is 0 Å². The van der Waals surface area contributed by atoms with E-state index in [0.29, 0.717) is 22.2 Å². The number of carbonyl (C=O) groups excluding carboxylic acids is 1. The summed E-state index contributed by atoms with van der Waals surface area (Å²) in [5.74, 6) is 1.29. The van der Waals surface area contributed by atoms with Gasteiger partial charge in [0, 0.05) is 5.39 Å². The SMILES string of the molecule is COc1cccc2sc(N(Cc3ccco3)C(=O)c3cc4ccccc4o3)nc12. The van der Waals surface area contributed by atoms with Crippen molar-refractivity contribution in [2.45, 2.75) is 6.54 Å². The zero-order valence-electron chi connectivity index (χ0n) is 15.5. The highest BCUT2D eigenvalue weighted by Crippen LogP contribution is 2.35. The number of rotatable bonds is 5. The first-order valence-corrected chi connectivity index (χ1v) is 9.81. The van der Waals surface area contributed by atoms with E-state index in [9.17, 15) is 4.79 Å². The van der Waals surface area contributed by atoms with Crippen LogP contribution in [0.3, 0.4) is 0 Å². The lowest BCUT2D eigenvalue weighted by atomic mass is 10.2. The Hall–Kier alpha value is -3.58. The Kier molecular flexibility index (Phi) is 4.29. The molecule has 0 atom stereocenters. The van der Waals surface area contributed by atoms with Gasteiger partial charge < -0.3 is 13.6 Å². The molecule has 0 saturated carbocycles. The summed E-state index contributed by atoms with van der Waals surface area (Å²) >= 11 is 1.42. The molecule has 0 aliphatic carbocycles. The topological polar surface area (TPSA) is 68.7 Å². The number of furan rings is 2. The van der Waals surface area contributed by atoms with E-state index in [4.69, 9.17) is 13.6 Å². The van der Waals surface area contributed by atoms with Crippen LogP contribution in [0.25, 0.3) is 21.2 Å². The first-order chi connectivity index (χ1) is 14.2. The van der Waals surface area contributed by atoms with Crippen LogP contribution in [0.2, 0.25) is 0 Å². The fourth-order valence-electron chi connectivity index (χ4n) is 3.20. The Bertz CT molecular complexity index is 1270. The highest BCUT2D eigenvalue weighted by Gasteiger charge is 2.26. The number of amides is 1. The minimum Gasteiger partial charge on any atom is -0.494 e. The molecule has 5 aromatic rings. The van der Waals surface area contributed by atoms with Crippen LogP contribution in [0.1, 0.15) is 16.3 Å². The van der Waals surface area contributed by atoms with E-state index in [1.165, 1.54) is 11.3 Å². The second-order valence-corrected chi connectivity index (χ2v) is 7.43. The van der Waals surface area contributed by atoms with E-state index in [1.807, 2.05) is 48.5 Å². The van der Waals surface area contributed by atoms with Gasteiger partial charge in [0.1, 0.15) is 22.6 Å². The molecule has 144 valence electrons. The van der Waals surface area contributed by atoms with Crippen molar-refractivity contribution in [3.8, 4) is 5.75 Å². The maximum absolute atomic E-state index is 13.4. The molecule has 0 bridgehead atoms. The Balaban J connectivity index is 1.60. The first kappa shape index (κ1) is 17.5. The largest absolute Gasteiger partial charge is 0.494 e. The van der Waals surface area contributed by atoms with Gasteiger partial charge in [-0.05, 0) is 36.4 Å². The lowest BCUT2D eigenvalue weighted by Crippen LogP contribution is -2.29. The second-order valence-electron chi connectivity index (χ2n) is 6.42. The predicted octanol–water partition coefficient (Wildman–Crippen LogP) is 5.49. The Morgan fingerprint density at radius 1 is 1.14 bits per heavy atom. The molecule has 0 saturated heterocycles. The molecule has 0 radical (unpaired) electrons. The normalized spacial score (nSPS) is 11.2. The van der Waals surface area contributed by atoms with E-state index in [-0.39, 0.29) is 18.2 Å². The van der Waals surface area contributed by atoms with Crippen molar-refractivity contribution in [1.82, 2.24) is 4.98 Å². The summed E-state index contributed by atoms with van der Waals surface area (Å²) in [6, 6.07) is 18.6. The molecule has 0 fully saturated rings. The standard InChI is InChI=1S/C22H16N2O4S/c1-26-17-9-4-10-19-20(17)23-22(29-19)24(13-15-7-5-11-27-15)21(25)18-12-14-6-2-3-8-16(14)28-18/h2-12H,13H2,1H3. The van der Waals surface area contributed by atoms with E-state index in [0.717, 1.165) is 15.6 Å². The molecule has 0 aliphatic heterocycles. The molecule has 7 heteroatoms. The lowest BCUT2D eigenvalue weighted by Gasteiger charge is -2.17.